The number of benzene rings is 2. The first-order valence-corrected chi connectivity index (χ1v) is 11.7. The maximum Gasteiger partial charge on any atom is 0.239 e. The lowest BCUT2D eigenvalue weighted by molar-refractivity contribution is 0.137. The standard InChI is InChI=1S/C13H18O.C11H15NO2S/c1-8-6-9(2)12-11(10(8)3)7-13(4,5)14-12;1-7-5-8(2)11-10(9(7)3)6-15(13,14)12(11)4/h6H,7H2,1-5H3;5H,6H2,1-4H3. The van der Waals surface area contributed by atoms with E-state index in [1.165, 1.54) is 26.6 Å². The van der Waals surface area contributed by atoms with Gasteiger partial charge in [-0.1, -0.05) is 12.1 Å². The van der Waals surface area contributed by atoms with Gasteiger partial charge in [0.15, 0.2) is 0 Å². The zero-order valence-corrected chi connectivity index (χ0v) is 20.0. The molecule has 0 fully saturated rings. The molecule has 0 spiro atoms. The fraction of sp³-hybridized carbons (Fsp3) is 0.500. The Morgan fingerprint density at radius 1 is 0.862 bits per heavy atom. The van der Waals surface area contributed by atoms with Crippen LogP contribution in [-0.2, 0) is 22.2 Å². The summed E-state index contributed by atoms with van der Waals surface area (Å²) in [4.78, 5) is 0. The third-order valence-electron chi connectivity index (χ3n) is 6.29. The van der Waals surface area contributed by atoms with E-state index >= 15 is 0 Å². The summed E-state index contributed by atoms with van der Waals surface area (Å²) in [6, 6.07) is 4.26. The van der Waals surface area contributed by atoms with Crippen molar-refractivity contribution >= 4 is 15.7 Å². The predicted molar refractivity (Wildman–Crippen MR) is 121 cm³/mol. The highest BCUT2D eigenvalue weighted by atomic mass is 32.2. The summed E-state index contributed by atoms with van der Waals surface area (Å²) in [5, 5.41) is 0. The van der Waals surface area contributed by atoms with Crippen molar-refractivity contribution in [2.24, 2.45) is 0 Å². The van der Waals surface area contributed by atoms with Crippen LogP contribution < -0.4 is 9.04 Å². The van der Waals surface area contributed by atoms with E-state index in [0.717, 1.165) is 40.1 Å². The summed E-state index contributed by atoms with van der Waals surface area (Å²) in [5.74, 6) is 1.27. The zero-order valence-electron chi connectivity index (χ0n) is 19.1. The lowest BCUT2D eigenvalue weighted by Crippen LogP contribution is -2.24. The van der Waals surface area contributed by atoms with Crippen LogP contribution in [-0.4, -0.2) is 21.1 Å². The van der Waals surface area contributed by atoms with Crippen molar-refractivity contribution in [3.63, 3.8) is 0 Å². The molecule has 2 aromatic rings. The quantitative estimate of drug-likeness (QED) is 0.593. The minimum absolute atomic E-state index is 0.0222. The van der Waals surface area contributed by atoms with Crippen molar-refractivity contribution in [1.29, 1.82) is 0 Å². The third kappa shape index (κ3) is 3.77. The second kappa shape index (κ2) is 7.05. The van der Waals surface area contributed by atoms with Gasteiger partial charge in [0.1, 0.15) is 11.4 Å². The summed E-state index contributed by atoms with van der Waals surface area (Å²) in [6.07, 6.45) is 1.04. The molecular formula is C24H33NO3S. The van der Waals surface area contributed by atoms with Gasteiger partial charge in [-0.3, -0.25) is 4.31 Å². The van der Waals surface area contributed by atoms with Crippen molar-refractivity contribution in [2.75, 3.05) is 11.4 Å². The maximum absolute atomic E-state index is 11.8. The molecule has 29 heavy (non-hydrogen) atoms. The van der Waals surface area contributed by atoms with Gasteiger partial charge >= 0.3 is 0 Å². The molecule has 158 valence electrons. The minimum Gasteiger partial charge on any atom is -0.487 e. The molecule has 0 bridgehead atoms. The van der Waals surface area contributed by atoms with Gasteiger partial charge in [-0.05, 0) is 94.3 Å². The number of anilines is 1. The Labute approximate surface area is 175 Å². The zero-order chi connectivity index (χ0) is 21.9. The molecule has 0 aromatic heterocycles. The van der Waals surface area contributed by atoms with Gasteiger partial charge in [0, 0.05) is 19.0 Å². The normalized spacial score (nSPS) is 17.9. The van der Waals surface area contributed by atoms with Crippen LogP contribution in [0.1, 0.15) is 58.4 Å². The van der Waals surface area contributed by atoms with Crippen LogP contribution in [0, 0.1) is 41.5 Å². The highest BCUT2D eigenvalue weighted by Gasteiger charge is 2.33. The molecule has 0 amide bonds. The second-order valence-electron chi connectivity index (χ2n) is 9.17. The van der Waals surface area contributed by atoms with E-state index in [2.05, 4.69) is 40.7 Å². The van der Waals surface area contributed by atoms with E-state index in [1.54, 1.807) is 7.05 Å². The van der Waals surface area contributed by atoms with Crippen molar-refractivity contribution in [2.45, 2.75) is 73.2 Å². The molecule has 0 aliphatic carbocycles. The molecule has 4 rings (SSSR count). The molecule has 0 saturated heterocycles. The Morgan fingerprint density at radius 3 is 1.97 bits per heavy atom. The van der Waals surface area contributed by atoms with Gasteiger partial charge in [-0.2, -0.15) is 0 Å². The van der Waals surface area contributed by atoms with Crippen molar-refractivity contribution in [1.82, 2.24) is 0 Å². The summed E-state index contributed by atoms with van der Waals surface area (Å²) < 4.78 is 30.9. The third-order valence-corrected chi connectivity index (χ3v) is 7.96. The Morgan fingerprint density at radius 2 is 1.38 bits per heavy atom. The Hall–Kier alpha value is -2.01. The first kappa shape index (κ1) is 21.7. The average molecular weight is 416 g/mol. The Kier molecular flexibility index (Phi) is 5.27. The molecule has 2 aliphatic heterocycles. The summed E-state index contributed by atoms with van der Waals surface area (Å²) in [5.41, 5.74) is 10.6. The van der Waals surface area contributed by atoms with Crippen molar-refractivity contribution < 1.29 is 13.2 Å². The van der Waals surface area contributed by atoms with Gasteiger partial charge in [-0.25, -0.2) is 8.42 Å². The number of nitrogens with zero attached hydrogens (tertiary/aromatic N) is 1. The van der Waals surface area contributed by atoms with Crippen molar-refractivity contribution in [3.8, 4) is 5.75 Å². The van der Waals surface area contributed by atoms with Crippen LogP contribution >= 0.6 is 0 Å². The molecule has 4 nitrogen and oxygen atoms in total. The van der Waals surface area contributed by atoms with Gasteiger partial charge in [0.05, 0.1) is 11.4 Å². The SMILES string of the molecule is Cc1cc(C)c2c(c1C)CC(C)(C)O2.Cc1cc(C)c2c(c1C)CS(=O)(=O)N2C. The number of sulfonamides is 1. The van der Waals surface area contributed by atoms with Gasteiger partial charge < -0.3 is 4.74 Å². The molecule has 0 unspecified atom stereocenters. The van der Waals surface area contributed by atoms with E-state index in [0.29, 0.717) is 0 Å². The summed E-state index contributed by atoms with van der Waals surface area (Å²) in [7, 11) is -1.48. The van der Waals surface area contributed by atoms with Crippen LogP contribution in [0.25, 0.3) is 0 Å². The largest absolute Gasteiger partial charge is 0.487 e. The minimum atomic E-state index is -3.11. The van der Waals surface area contributed by atoms with Gasteiger partial charge in [0.25, 0.3) is 0 Å². The lowest BCUT2D eigenvalue weighted by atomic mass is 9.94. The number of aryl methyl sites for hydroxylation is 4. The number of hydrogen-bond donors (Lipinski definition) is 0. The highest BCUT2D eigenvalue weighted by molar-refractivity contribution is 7.92. The fourth-order valence-corrected chi connectivity index (χ4v) is 5.87. The second-order valence-corrected chi connectivity index (χ2v) is 11.2. The van der Waals surface area contributed by atoms with Crippen LogP contribution in [0.15, 0.2) is 12.1 Å². The Balaban J connectivity index is 0.000000166. The maximum atomic E-state index is 11.8. The van der Waals surface area contributed by atoms with Gasteiger partial charge in [-0.15, -0.1) is 0 Å². The topological polar surface area (TPSA) is 46.6 Å². The molecular weight excluding hydrogens is 382 g/mol. The summed E-state index contributed by atoms with van der Waals surface area (Å²) >= 11 is 0. The lowest BCUT2D eigenvalue weighted by Gasteiger charge is -2.17. The molecule has 0 radical (unpaired) electrons. The molecule has 5 heteroatoms. The molecule has 2 heterocycles. The molecule has 0 saturated carbocycles. The molecule has 2 aromatic carbocycles. The number of hydrogen-bond acceptors (Lipinski definition) is 3. The number of fused-ring (bicyclic) bond motifs is 2. The Bertz CT molecular complexity index is 1100. The fourth-order valence-electron chi connectivity index (χ4n) is 4.43. The van der Waals surface area contributed by atoms with E-state index in [-0.39, 0.29) is 11.4 Å². The van der Waals surface area contributed by atoms with Crippen LogP contribution in [0.2, 0.25) is 0 Å². The molecule has 2 aliphatic rings. The van der Waals surface area contributed by atoms with Crippen LogP contribution in [0.4, 0.5) is 5.69 Å². The van der Waals surface area contributed by atoms with Crippen molar-refractivity contribution in [3.05, 3.63) is 56.6 Å². The average Bonchev–Trinajstić information content (AvgIpc) is 3.06. The van der Waals surface area contributed by atoms with Crippen LogP contribution in [0.5, 0.6) is 5.75 Å². The molecule has 0 N–H and O–H groups in total. The van der Waals surface area contributed by atoms with E-state index in [4.69, 9.17) is 4.74 Å². The first-order chi connectivity index (χ1) is 13.2. The highest BCUT2D eigenvalue weighted by Crippen LogP contribution is 2.40. The predicted octanol–water partition coefficient (Wildman–Crippen LogP) is 5.22. The van der Waals surface area contributed by atoms with E-state index < -0.39 is 10.0 Å². The number of ether oxygens (including phenoxy) is 1. The first-order valence-electron chi connectivity index (χ1n) is 10.1. The van der Waals surface area contributed by atoms with Gasteiger partial charge in [0.2, 0.25) is 10.0 Å². The summed E-state index contributed by atoms with van der Waals surface area (Å²) in [6.45, 7) is 16.8. The van der Waals surface area contributed by atoms with Crippen LogP contribution in [0.3, 0.4) is 0 Å². The molecule has 0 atom stereocenters. The van der Waals surface area contributed by atoms with E-state index in [9.17, 15) is 8.42 Å². The van der Waals surface area contributed by atoms with E-state index in [1.807, 2.05) is 26.8 Å². The number of rotatable bonds is 0. The smallest absolute Gasteiger partial charge is 0.239 e. The monoisotopic (exact) mass is 415 g/mol.